The van der Waals surface area contributed by atoms with Gasteiger partial charge in [-0.3, -0.25) is 4.79 Å². The molecule has 0 aliphatic carbocycles. The van der Waals surface area contributed by atoms with Crippen molar-refractivity contribution in [3.63, 3.8) is 0 Å². The standard InChI is InChI=1S/C18H25NO2/c1-18(16-5-3-2-4-6-16)10-7-17(20)19(14-18)13-15-8-11-21-12-9-15/h2-6,15H,7-14H2,1H3. The van der Waals surface area contributed by atoms with Crippen LogP contribution in [0.25, 0.3) is 0 Å². The van der Waals surface area contributed by atoms with Crippen molar-refractivity contribution in [2.75, 3.05) is 26.3 Å². The molecule has 1 aromatic carbocycles. The maximum atomic E-state index is 12.3. The first-order valence-corrected chi connectivity index (χ1v) is 8.08. The summed E-state index contributed by atoms with van der Waals surface area (Å²) in [7, 11) is 0. The fourth-order valence-corrected chi connectivity index (χ4v) is 3.61. The lowest BCUT2D eigenvalue weighted by Gasteiger charge is -2.42. The van der Waals surface area contributed by atoms with Crippen LogP contribution in [-0.4, -0.2) is 37.1 Å². The van der Waals surface area contributed by atoms with Crippen LogP contribution in [0, 0.1) is 5.92 Å². The number of amides is 1. The highest BCUT2D eigenvalue weighted by Gasteiger charge is 2.36. The third kappa shape index (κ3) is 3.29. The van der Waals surface area contributed by atoms with Crippen molar-refractivity contribution < 1.29 is 9.53 Å². The number of hydrogen-bond acceptors (Lipinski definition) is 2. The van der Waals surface area contributed by atoms with Gasteiger partial charge in [-0.05, 0) is 30.7 Å². The fraction of sp³-hybridized carbons (Fsp3) is 0.611. The molecule has 1 unspecified atom stereocenters. The van der Waals surface area contributed by atoms with E-state index in [2.05, 4.69) is 42.2 Å². The van der Waals surface area contributed by atoms with Gasteiger partial charge in [-0.25, -0.2) is 0 Å². The Morgan fingerprint density at radius 1 is 1.24 bits per heavy atom. The number of carbonyl (C=O) groups is 1. The maximum Gasteiger partial charge on any atom is 0.222 e. The smallest absolute Gasteiger partial charge is 0.222 e. The molecular weight excluding hydrogens is 262 g/mol. The molecule has 21 heavy (non-hydrogen) atoms. The van der Waals surface area contributed by atoms with E-state index in [0.29, 0.717) is 18.2 Å². The molecule has 114 valence electrons. The number of hydrogen-bond donors (Lipinski definition) is 0. The number of rotatable bonds is 3. The summed E-state index contributed by atoms with van der Waals surface area (Å²) in [4.78, 5) is 14.4. The van der Waals surface area contributed by atoms with Crippen molar-refractivity contribution >= 4 is 5.91 Å². The summed E-state index contributed by atoms with van der Waals surface area (Å²) < 4.78 is 5.42. The molecular formula is C18H25NO2. The predicted octanol–water partition coefficient (Wildman–Crippen LogP) is 2.99. The van der Waals surface area contributed by atoms with Gasteiger partial charge in [0.15, 0.2) is 0 Å². The second kappa shape index (κ2) is 6.18. The van der Waals surface area contributed by atoms with E-state index in [1.165, 1.54) is 5.56 Å². The molecule has 0 bridgehead atoms. The van der Waals surface area contributed by atoms with Crippen molar-refractivity contribution in [1.82, 2.24) is 4.90 Å². The van der Waals surface area contributed by atoms with Gasteiger partial charge in [0, 0.05) is 38.1 Å². The Kier molecular flexibility index (Phi) is 4.29. The van der Waals surface area contributed by atoms with Crippen LogP contribution in [-0.2, 0) is 14.9 Å². The van der Waals surface area contributed by atoms with Crippen LogP contribution in [0.15, 0.2) is 30.3 Å². The molecule has 2 saturated heterocycles. The molecule has 0 radical (unpaired) electrons. The maximum absolute atomic E-state index is 12.3. The number of benzene rings is 1. The first kappa shape index (κ1) is 14.6. The summed E-state index contributed by atoms with van der Waals surface area (Å²) in [5.74, 6) is 0.940. The topological polar surface area (TPSA) is 29.5 Å². The van der Waals surface area contributed by atoms with Crippen molar-refractivity contribution in [2.45, 2.75) is 38.0 Å². The summed E-state index contributed by atoms with van der Waals surface area (Å²) in [6.07, 6.45) is 3.81. The van der Waals surface area contributed by atoms with E-state index in [0.717, 1.165) is 45.6 Å². The Labute approximate surface area is 127 Å². The quantitative estimate of drug-likeness (QED) is 0.855. The fourth-order valence-electron chi connectivity index (χ4n) is 3.61. The Balaban J connectivity index is 1.70. The lowest BCUT2D eigenvalue weighted by Crippen LogP contribution is -2.49. The van der Waals surface area contributed by atoms with E-state index >= 15 is 0 Å². The average Bonchev–Trinajstić information content (AvgIpc) is 2.53. The zero-order valence-corrected chi connectivity index (χ0v) is 12.9. The van der Waals surface area contributed by atoms with Crippen LogP contribution in [0.4, 0.5) is 0 Å². The molecule has 2 heterocycles. The highest BCUT2D eigenvalue weighted by Crippen LogP contribution is 2.34. The summed E-state index contributed by atoms with van der Waals surface area (Å²) in [6.45, 7) is 5.76. The molecule has 0 saturated carbocycles. The first-order chi connectivity index (χ1) is 10.2. The molecule has 3 rings (SSSR count). The SMILES string of the molecule is CC1(c2ccccc2)CCC(=O)N(CC2CCOCC2)C1. The Hall–Kier alpha value is -1.35. The molecule has 1 aromatic rings. The van der Waals surface area contributed by atoms with Gasteiger partial charge in [-0.2, -0.15) is 0 Å². The second-order valence-corrected chi connectivity index (χ2v) is 6.76. The third-order valence-corrected chi connectivity index (χ3v) is 5.07. The highest BCUT2D eigenvalue weighted by atomic mass is 16.5. The van der Waals surface area contributed by atoms with Crippen molar-refractivity contribution in [3.8, 4) is 0 Å². The molecule has 0 aromatic heterocycles. The van der Waals surface area contributed by atoms with Crippen molar-refractivity contribution in [2.24, 2.45) is 5.92 Å². The van der Waals surface area contributed by atoms with Gasteiger partial charge in [0.25, 0.3) is 0 Å². The number of ether oxygens (including phenoxy) is 1. The van der Waals surface area contributed by atoms with Gasteiger partial charge in [-0.1, -0.05) is 37.3 Å². The Morgan fingerprint density at radius 3 is 2.67 bits per heavy atom. The molecule has 0 spiro atoms. The zero-order valence-electron chi connectivity index (χ0n) is 12.9. The van der Waals surface area contributed by atoms with Crippen LogP contribution in [0.5, 0.6) is 0 Å². The highest BCUT2D eigenvalue weighted by molar-refractivity contribution is 5.77. The largest absolute Gasteiger partial charge is 0.381 e. The second-order valence-electron chi connectivity index (χ2n) is 6.76. The van der Waals surface area contributed by atoms with Crippen LogP contribution in [0.2, 0.25) is 0 Å². The van der Waals surface area contributed by atoms with Crippen LogP contribution < -0.4 is 0 Å². The summed E-state index contributed by atoms with van der Waals surface area (Å²) in [5, 5.41) is 0. The molecule has 1 atom stereocenters. The van der Waals surface area contributed by atoms with Crippen molar-refractivity contribution in [3.05, 3.63) is 35.9 Å². The van der Waals surface area contributed by atoms with Crippen LogP contribution >= 0.6 is 0 Å². The van der Waals surface area contributed by atoms with E-state index in [9.17, 15) is 4.79 Å². The van der Waals surface area contributed by atoms with Gasteiger partial charge in [0.05, 0.1) is 0 Å². The van der Waals surface area contributed by atoms with Gasteiger partial charge < -0.3 is 9.64 Å². The van der Waals surface area contributed by atoms with E-state index in [4.69, 9.17) is 4.74 Å². The van der Waals surface area contributed by atoms with Crippen LogP contribution in [0.1, 0.15) is 38.2 Å². The summed E-state index contributed by atoms with van der Waals surface area (Å²) in [5.41, 5.74) is 1.45. The molecule has 2 aliphatic rings. The molecule has 3 heteroatoms. The number of likely N-dealkylation sites (tertiary alicyclic amines) is 1. The van der Waals surface area contributed by atoms with Crippen LogP contribution in [0.3, 0.4) is 0 Å². The number of nitrogens with zero attached hydrogens (tertiary/aromatic N) is 1. The predicted molar refractivity (Wildman–Crippen MR) is 83.2 cm³/mol. The number of piperidine rings is 1. The van der Waals surface area contributed by atoms with E-state index in [1.807, 2.05) is 0 Å². The Bertz CT molecular complexity index is 481. The van der Waals surface area contributed by atoms with E-state index in [1.54, 1.807) is 0 Å². The van der Waals surface area contributed by atoms with Gasteiger partial charge >= 0.3 is 0 Å². The van der Waals surface area contributed by atoms with Gasteiger partial charge in [-0.15, -0.1) is 0 Å². The molecule has 2 fully saturated rings. The van der Waals surface area contributed by atoms with Gasteiger partial charge in [0.2, 0.25) is 5.91 Å². The first-order valence-electron chi connectivity index (χ1n) is 8.08. The minimum absolute atomic E-state index is 0.0976. The summed E-state index contributed by atoms with van der Waals surface area (Å²) >= 11 is 0. The average molecular weight is 287 g/mol. The summed E-state index contributed by atoms with van der Waals surface area (Å²) in [6, 6.07) is 10.6. The van der Waals surface area contributed by atoms with Crippen molar-refractivity contribution in [1.29, 1.82) is 0 Å². The molecule has 1 amide bonds. The molecule has 0 N–H and O–H groups in total. The molecule has 2 aliphatic heterocycles. The molecule has 3 nitrogen and oxygen atoms in total. The van der Waals surface area contributed by atoms with Gasteiger partial charge in [0.1, 0.15) is 0 Å². The lowest BCUT2D eigenvalue weighted by atomic mass is 9.75. The lowest BCUT2D eigenvalue weighted by molar-refractivity contribution is -0.136. The third-order valence-electron chi connectivity index (χ3n) is 5.07. The minimum atomic E-state index is 0.0976. The monoisotopic (exact) mass is 287 g/mol. The Morgan fingerprint density at radius 2 is 1.95 bits per heavy atom. The zero-order chi connectivity index (χ0) is 14.7. The van der Waals surface area contributed by atoms with E-state index in [-0.39, 0.29) is 5.41 Å². The normalized spacial score (nSPS) is 27.9. The minimum Gasteiger partial charge on any atom is -0.381 e. The van der Waals surface area contributed by atoms with E-state index < -0.39 is 0 Å². The number of carbonyl (C=O) groups excluding carboxylic acids is 1.